The average molecular weight is 1170 g/mol. The van der Waals surface area contributed by atoms with Gasteiger partial charge in [0.15, 0.2) is 0 Å². The number of rotatable bonds is 22. The Kier molecular flexibility index (Phi) is 23.4. The first-order valence-corrected chi connectivity index (χ1v) is 42.1. The van der Waals surface area contributed by atoms with Crippen molar-refractivity contribution in [3.05, 3.63) is 0 Å². The molecule has 22 nitrogen and oxygen atoms in total. The molecule has 73 heavy (non-hydrogen) atoms. The van der Waals surface area contributed by atoms with E-state index in [1.54, 1.807) is 0 Å². The number of hydrogen-bond donors (Lipinski definition) is 19. The van der Waals surface area contributed by atoms with Crippen LogP contribution >= 0.6 is 0 Å². The molecule has 0 aromatic carbocycles. The molecular formula is C44H94O22Si7. The average Bonchev–Trinajstić information content (AvgIpc) is 3.19. The molecule has 5 fully saturated rings. The molecule has 0 aromatic heterocycles. The van der Waals surface area contributed by atoms with E-state index in [1.165, 1.54) is 0 Å². The van der Waals surface area contributed by atoms with E-state index in [0.29, 0.717) is 128 Å². The molecule has 8 bridgehead atoms. The zero-order chi connectivity index (χ0) is 54.5. The molecule has 29 heteroatoms. The highest BCUT2D eigenvalue weighted by Crippen LogP contribution is 2.52. The van der Waals surface area contributed by atoms with E-state index < -0.39 is 86.0 Å². The van der Waals surface area contributed by atoms with E-state index in [9.17, 15) is 92.4 Å². The fraction of sp³-hybridized carbons (Fsp3) is 1.00. The first kappa shape index (κ1) is 64.5. The Labute approximate surface area is 438 Å². The number of aliphatic hydroxyl groups is 4. The standard InChI is InChI=1S/C44H94O22Si7/c1-67(49,50)64-73(65-68(2,51)52,66-69(3,53)54)17-7-11-30-19-34-13-12-33-18-29(8-4-14-70(55,56)57)20-35(41(33)45)26-37-22-31(9-5-15-71(58,59)60)24-39(43(37)47)28-40-25-32(10-6-16-72(61,62)63)23-38(44(40)48)27-36(21-30)42(34)46/h29-63H,4-28H2,1-3H3. The molecule has 430 valence electrons. The van der Waals surface area contributed by atoms with Crippen molar-refractivity contribution in [2.75, 3.05) is 0 Å². The summed E-state index contributed by atoms with van der Waals surface area (Å²) in [7, 11) is -31.1. The van der Waals surface area contributed by atoms with Crippen LogP contribution in [0.1, 0.15) is 135 Å². The van der Waals surface area contributed by atoms with E-state index in [4.69, 9.17) is 12.3 Å². The summed E-state index contributed by atoms with van der Waals surface area (Å²) in [4.78, 5) is 151. The summed E-state index contributed by atoms with van der Waals surface area (Å²) in [5.74, 6) is -2.15. The predicted octanol–water partition coefficient (Wildman–Crippen LogP) is -0.519. The minimum atomic E-state index is -4.59. The van der Waals surface area contributed by atoms with Gasteiger partial charge in [-0.2, -0.15) is 0 Å². The molecule has 0 aromatic rings. The quantitative estimate of drug-likeness (QED) is 0.0607. The Morgan fingerprint density at radius 3 is 0.726 bits per heavy atom. The summed E-state index contributed by atoms with van der Waals surface area (Å²) in [5.41, 5.74) is 0. The number of hydrogen-bond acceptors (Lipinski definition) is 22. The molecule has 16 atom stereocenters. The van der Waals surface area contributed by atoms with Gasteiger partial charge in [0.05, 0.1) is 24.4 Å². The van der Waals surface area contributed by atoms with Gasteiger partial charge >= 0.3 is 61.6 Å². The molecule has 5 aliphatic carbocycles. The van der Waals surface area contributed by atoms with Gasteiger partial charge in [0, 0.05) is 43.8 Å². The maximum atomic E-state index is 12.5. The monoisotopic (exact) mass is 1170 g/mol. The fourth-order valence-electron chi connectivity index (χ4n) is 14.6. The van der Waals surface area contributed by atoms with Crippen LogP contribution in [0.4, 0.5) is 0 Å². The van der Waals surface area contributed by atoms with Crippen LogP contribution in [0.3, 0.4) is 0 Å². The van der Waals surface area contributed by atoms with Crippen LogP contribution in [0.15, 0.2) is 0 Å². The molecule has 5 aliphatic rings. The summed E-state index contributed by atoms with van der Waals surface area (Å²) in [5, 5.41) is 49.7. The van der Waals surface area contributed by atoms with Crippen LogP contribution in [0, 0.1) is 71.0 Å². The highest BCUT2D eigenvalue weighted by Gasteiger charge is 2.56. The highest BCUT2D eigenvalue weighted by atomic mass is 28.5. The molecule has 0 radical (unpaired) electrons. The lowest BCUT2D eigenvalue weighted by atomic mass is 9.61. The predicted molar refractivity (Wildman–Crippen MR) is 276 cm³/mol. The van der Waals surface area contributed by atoms with Crippen molar-refractivity contribution in [1.29, 1.82) is 0 Å². The van der Waals surface area contributed by atoms with Crippen LogP contribution in [0.5, 0.6) is 0 Å². The molecule has 19 N–H and O–H groups in total. The first-order valence-electron chi connectivity index (χ1n) is 27.1. The largest absolute Gasteiger partial charge is 0.492 e. The van der Waals surface area contributed by atoms with E-state index in [2.05, 4.69) is 0 Å². The van der Waals surface area contributed by atoms with Crippen molar-refractivity contribution in [3.63, 3.8) is 0 Å². The maximum absolute atomic E-state index is 12.5. The van der Waals surface area contributed by atoms with Crippen molar-refractivity contribution in [1.82, 2.24) is 0 Å². The third-order valence-corrected chi connectivity index (χ3v) is 29.6. The van der Waals surface area contributed by atoms with Crippen LogP contribution in [-0.4, -0.2) is 178 Å². The van der Waals surface area contributed by atoms with Crippen LogP contribution in [0.25, 0.3) is 0 Å². The van der Waals surface area contributed by atoms with Crippen molar-refractivity contribution >= 4 is 61.6 Å². The third kappa shape index (κ3) is 22.2. The molecular weight excluding hydrogens is 1080 g/mol. The van der Waals surface area contributed by atoms with Crippen LogP contribution in [0.2, 0.25) is 43.8 Å². The summed E-state index contributed by atoms with van der Waals surface area (Å²) in [6.07, 6.45) is 7.36. The molecule has 0 amide bonds. The second-order valence-corrected chi connectivity index (χ2v) is 40.4. The summed E-state index contributed by atoms with van der Waals surface area (Å²) in [6, 6.07) is -0.616. The Morgan fingerprint density at radius 2 is 0.507 bits per heavy atom. The van der Waals surface area contributed by atoms with E-state index in [0.717, 1.165) is 19.6 Å². The SMILES string of the molecule is C[Si](O)(O)O[Si](CCCC1CC2CCC3CC(CCC[Si](O)(O)O)CC(CC4CC(CCC[Si](O)(O)O)CC(CC5CC(CCC[Si](O)(O)O)CC(CC(C1)C2O)C5O)C4O)C3O)(O[Si](C)(O)O)O[Si](C)(O)O. The van der Waals surface area contributed by atoms with Crippen molar-refractivity contribution in [2.45, 2.75) is 203 Å². The second kappa shape index (κ2) is 26.5. The van der Waals surface area contributed by atoms with Gasteiger partial charge in [0.1, 0.15) is 0 Å². The van der Waals surface area contributed by atoms with Gasteiger partial charge in [0.25, 0.3) is 0 Å². The van der Waals surface area contributed by atoms with E-state index >= 15 is 0 Å². The van der Waals surface area contributed by atoms with Crippen LogP contribution in [-0.2, 0) is 12.3 Å². The molecule has 5 saturated carbocycles. The van der Waals surface area contributed by atoms with Gasteiger partial charge in [-0.05, 0) is 180 Å². The smallest absolute Gasteiger partial charge is 0.393 e. The third-order valence-electron chi connectivity index (χ3n) is 17.2. The summed E-state index contributed by atoms with van der Waals surface area (Å²) >= 11 is 0. The number of aliphatic hydroxyl groups excluding tert-OH is 4. The second-order valence-electron chi connectivity index (χ2n) is 24.4. The van der Waals surface area contributed by atoms with Gasteiger partial charge in [-0.15, -0.1) is 0 Å². The van der Waals surface area contributed by atoms with Crippen LogP contribution < -0.4 is 0 Å². The number of fused-ring (bicyclic) bond motifs is 8. The Hall–Kier alpha value is 0.638. The summed E-state index contributed by atoms with van der Waals surface area (Å²) in [6.45, 7) is 2.98. The Bertz CT molecular complexity index is 1620. The lowest BCUT2D eigenvalue weighted by molar-refractivity contribution is -0.0771. The highest BCUT2D eigenvalue weighted by molar-refractivity contribution is 6.83. The van der Waals surface area contributed by atoms with E-state index in [1.807, 2.05) is 0 Å². The molecule has 16 unspecified atom stereocenters. The van der Waals surface area contributed by atoms with Gasteiger partial charge in [-0.1, -0.05) is 25.7 Å². The van der Waals surface area contributed by atoms with Crippen molar-refractivity contribution in [3.8, 4) is 0 Å². The van der Waals surface area contributed by atoms with Crippen molar-refractivity contribution < 1.29 is 105 Å². The van der Waals surface area contributed by atoms with Crippen molar-refractivity contribution in [2.24, 2.45) is 71.0 Å². The Morgan fingerprint density at radius 1 is 0.301 bits per heavy atom. The summed E-state index contributed by atoms with van der Waals surface area (Å²) < 4.78 is 16.6. The molecule has 0 spiro atoms. The lowest BCUT2D eigenvalue weighted by Crippen LogP contribution is -2.64. The zero-order valence-electron chi connectivity index (χ0n) is 43.1. The van der Waals surface area contributed by atoms with E-state index in [-0.39, 0.29) is 102 Å². The molecule has 0 saturated heterocycles. The van der Waals surface area contributed by atoms with Gasteiger partial charge < -0.3 is 105 Å². The Balaban J connectivity index is 1.50. The topological polar surface area (TPSA) is 412 Å². The molecule has 5 rings (SSSR count). The zero-order valence-corrected chi connectivity index (χ0v) is 50.1. The lowest BCUT2D eigenvalue weighted by Gasteiger charge is -2.47. The molecule has 0 aliphatic heterocycles. The van der Waals surface area contributed by atoms with Gasteiger partial charge in [-0.25, -0.2) is 0 Å². The minimum absolute atomic E-state index is 0.0137. The molecule has 0 heterocycles. The normalized spacial score (nSPS) is 35.9. The minimum Gasteiger partial charge on any atom is -0.393 e. The van der Waals surface area contributed by atoms with Gasteiger partial charge in [-0.3, -0.25) is 0 Å². The fourth-order valence-corrected chi connectivity index (χ4v) is 27.2. The first-order chi connectivity index (χ1) is 33.4. The maximum Gasteiger partial charge on any atom is 0.492 e. The van der Waals surface area contributed by atoms with Gasteiger partial charge in [0.2, 0.25) is 0 Å².